The number of nitrogens with one attached hydrogen (secondary N) is 2. The molecule has 3 N–H and O–H groups in total. The van der Waals surface area contributed by atoms with E-state index in [2.05, 4.69) is 4.98 Å². The third kappa shape index (κ3) is 2.79. The number of anilines is 2. The zero-order valence-corrected chi connectivity index (χ0v) is 12.2. The number of hydrogen-bond donors (Lipinski definition) is 3. The van der Waals surface area contributed by atoms with Crippen LogP contribution in [0.3, 0.4) is 0 Å². The molecule has 1 aliphatic heterocycles. The van der Waals surface area contributed by atoms with Crippen molar-refractivity contribution >= 4 is 23.2 Å². The highest BCUT2D eigenvalue weighted by atomic mass is 16.4. The third-order valence-corrected chi connectivity index (χ3v) is 3.77. The summed E-state index contributed by atoms with van der Waals surface area (Å²) >= 11 is 0. The number of amidine groups is 1. The van der Waals surface area contributed by atoms with Crippen LogP contribution in [-0.4, -0.2) is 34.6 Å². The molecule has 2 aromatic rings. The number of aliphatic carboxylic acids is 1. The smallest absolute Gasteiger partial charge is 0.307 e. The van der Waals surface area contributed by atoms with Crippen LogP contribution in [0.2, 0.25) is 0 Å². The van der Waals surface area contributed by atoms with Crippen molar-refractivity contribution in [1.29, 1.82) is 5.41 Å². The second-order valence-corrected chi connectivity index (χ2v) is 5.28. The molecule has 0 aliphatic carbocycles. The van der Waals surface area contributed by atoms with Gasteiger partial charge in [0.05, 0.1) is 24.3 Å². The Morgan fingerprint density at radius 1 is 1.39 bits per heavy atom. The Morgan fingerprint density at radius 2 is 2.13 bits per heavy atom. The minimum Gasteiger partial charge on any atom is -0.481 e. The molecule has 0 spiro atoms. The van der Waals surface area contributed by atoms with Crippen molar-refractivity contribution in [2.24, 2.45) is 0 Å². The number of rotatable bonds is 4. The molecule has 0 bridgehead atoms. The van der Waals surface area contributed by atoms with Crippen molar-refractivity contribution in [3.05, 3.63) is 47.8 Å². The highest BCUT2D eigenvalue weighted by Crippen LogP contribution is 2.31. The van der Waals surface area contributed by atoms with Gasteiger partial charge in [-0.2, -0.15) is 0 Å². The van der Waals surface area contributed by atoms with E-state index in [1.54, 1.807) is 24.3 Å². The van der Waals surface area contributed by atoms with Gasteiger partial charge in [0.25, 0.3) is 0 Å². The predicted molar refractivity (Wildman–Crippen MR) is 90.4 cm³/mol. The SMILES string of the molecule is [2H]C([2H])([2H])C(N1CN(c2ccc(CC(=O)O)cc2)C(=N)c2c[nH]cc21)C([2H])([2H])[2H]. The van der Waals surface area contributed by atoms with E-state index >= 15 is 0 Å². The molecule has 0 saturated carbocycles. The topological polar surface area (TPSA) is 83.4 Å². The third-order valence-electron chi connectivity index (χ3n) is 3.77. The molecule has 1 aromatic carbocycles. The van der Waals surface area contributed by atoms with E-state index in [0.29, 0.717) is 22.5 Å². The first-order chi connectivity index (χ1) is 13.4. The van der Waals surface area contributed by atoms with E-state index < -0.39 is 25.7 Å². The van der Waals surface area contributed by atoms with Gasteiger partial charge in [0, 0.05) is 32.3 Å². The largest absolute Gasteiger partial charge is 0.481 e. The first-order valence-corrected chi connectivity index (χ1v) is 7.00. The summed E-state index contributed by atoms with van der Waals surface area (Å²) in [6.07, 6.45) is 2.86. The molecule has 6 heteroatoms. The van der Waals surface area contributed by atoms with Crippen molar-refractivity contribution in [1.82, 2.24) is 4.98 Å². The minimum atomic E-state index is -2.78. The Balaban J connectivity index is 2.02. The summed E-state index contributed by atoms with van der Waals surface area (Å²) in [5.41, 5.74) is 1.82. The summed E-state index contributed by atoms with van der Waals surface area (Å²) in [6.45, 7) is -5.71. The summed E-state index contributed by atoms with van der Waals surface area (Å²) in [5, 5.41) is 17.4. The Kier molecular flexibility index (Phi) is 2.37. The first-order valence-electron chi connectivity index (χ1n) is 10.00. The van der Waals surface area contributed by atoms with Gasteiger partial charge < -0.3 is 19.9 Å². The van der Waals surface area contributed by atoms with Crippen molar-refractivity contribution in [3.8, 4) is 0 Å². The maximum Gasteiger partial charge on any atom is 0.307 e. The molecule has 0 saturated heterocycles. The molecule has 120 valence electrons. The summed E-state index contributed by atoms with van der Waals surface area (Å²) < 4.78 is 46.7. The molecule has 0 radical (unpaired) electrons. The first kappa shape index (κ1) is 9.39. The van der Waals surface area contributed by atoms with Crippen molar-refractivity contribution < 1.29 is 18.1 Å². The number of hydrogen-bond acceptors (Lipinski definition) is 3. The molecular weight excluding hydrogens is 292 g/mol. The standard InChI is InChI=1S/C17H20N4O2/c1-11(2)20-10-21(17(18)14-8-19-9-15(14)20)13-5-3-12(4-6-13)7-16(22)23/h3-6,8-9,11,18-19H,7,10H2,1-2H3,(H,22,23)/i1D3,2D3. The van der Waals surface area contributed by atoms with E-state index in [4.69, 9.17) is 18.7 Å². The van der Waals surface area contributed by atoms with E-state index in [-0.39, 0.29) is 18.9 Å². The quantitative estimate of drug-likeness (QED) is 0.809. The lowest BCUT2D eigenvalue weighted by atomic mass is 10.1. The van der Waals surface area contributed by atoms with Crippen LogP contribution in [0.15, 0.2) is 36.7 Å². The lowest BCUT2D eigenvalue weighted by molar-refractivity contribution is -0.136. The molecule has 6 nitrogen and oxygen atoms in total. The Morgan fingerprint density at radius 3 is 2.78 bits per heavy atom. The second-order valence-electron chi connectivity index (χ2n) is 5.28. The normalized spacial score (nSPS) is 19.3. The molecule has 0 amide bonds. The molecule has 1 aliphatic rings. The maximum absolute atomic E-state index is 10.9. The monoisotopic (exact) mass is 318 g/mol. The number of H-pyrrole nitrogens is 1. The van der Waals surface area contributed by atoms with Gasteiger partial charge in [0.15, 0.2) is 0 Å². The van der Waals surface area contributed by atoms with Crippen LogP contribution in [0.4, 0.5) is 11.4 Å². The second kappa shape index (κ2) is 5.79. The van der Waals surface area contributed by atoms with Crippen LogP contribution in [0.5, 0.6) is 0 Å². The molecule has 1 aromatic heterocycles. The van der Waals surface area contributed by atoms with E-state index in [9.17, 15) is 4.79 Å². The molecule has 23 heavy (non-hydrogen) atoms. The van der Waals surface area contributed by atoms with Crippen molar-refractivity contribution in [3.63, 3.8) is 0 Å². The lowest BCUT2D eigenvalue weighted by Crippen LogP contribution is -2.49. The number of fused-ring (bicyclic) bond motifs is 1. The molecule has 2 heterocycles. The van der Waals surface area contributed by atoms with Crippen molar-refractivity contribution in [2.45, 2.75) is 26.2 Å². The van der Waals surface area contributed by atoms with Gasteiger partial charge in [-0.15, -0.1) is 0 Å². The molecular formula is C17H20N4O2. The Labute approximate surface area is 143 Å². The average molecular weight is 318 g/mol. The predicted octanol–water partition coefficient (Wildman–Crippen LogP) is 2.66. The van der Waals surface area contributed by atoms with Gasteiger partial charge in [0.1, 0.15) is 5.84 Å². The van der Waals surface area contributed by atoms with Gasteiger partial charge in [-0.25, -0.2) is 0 Å². The number of carboxylic acids is 1. The highest BCUT2D eigenvalue weighted by molar-refractivity contribution is 6.13. The van der Waals surface area contributed by atoms with Gasteiger partial charge >= 0.3 is 5.97 Å². The van der Waals surface area contributed by atoms with Gasteiger partial charge in [-0.05, 0) is 31.4 Å². The van der Waals surface area contributed by atoms with Crippen LogP contribution >= 0.6 is 0 Å². The zero-order valence-electron chi connectivity index (χ0n) is 18.2. The van der Waals surface area contributed by atoms with Crippen LogP contribution in [0.25, 0.3) is 0 Å². The van der Waals surface area contributed by atoms with Gasteiger partial charge in [-0.3, -0.25) is 10.2 Å². The van der Waals surface area contributed by atoms with E-state index in [1.165, 1.54) is 22.2 Å². The van der Waals surface area contributed by atoms with Crippen molar-refractivity contribution in [2.75, 3.05) is 16.5 Å². The average Bonchev–Trinajstić information content (AvgIpc) is 3.05. The highest BCUT2D eigenvalue weighted by Gasteiger charge is 2.29. The van der Waals surface area contributed by atoms with E-state index in [0.717, 1.165) is 0 Å². The fourth-order valence-electron chi connectivity index (χ4n) is 2.63. The number of aromatic amines is 1. The van der Waals surface area contributed by atoms with E-state index in [1.807, 2.05) is 0 Å². The summed E-state index contributed by atoms with van der Waals surface area (Å²) in [5.74, 6) is -0.886. The van der Waals surface area contributed by atoms with Crippen LogP contribution < -0.4 is 9.80 Å². The van der Waals surface area contributed by atoms with Crippen LogP contribution in [0.1, 0.15) is 33.1 Å². The van der Waals surface area contributed by atoms with Crippen LogP contribution in [-0.2, 0) is 11.2 Å². The van der Waals surface area contributed by atoms with Gasteiger partial charge in [0.2, 0.25) is 0 Å². The fourth-order valence-corrected chi connectivity index (χ4v) is 2.63. The maximum atomic E-state index is 10.9. The summed E-state index contributed by atoms with van der Waals surface area (Å²) in [6, 6.07) is 4.72. The number of carbonyl (C=O) groups is 1. The molecule has 0 atom stereocenters. The number of nitrogens with zero attached hydrogens (tertiary/aromatic N) is 2. The molecule has 3 rings (SSSR count). The number of aromatic nitrogens is 1. The lowest BCUT2D eigenvalue weighted by Gasteiger charge is -2.40. The van der Waals surface area contributed by atoms with Gasteiger partial charge in [-0.1, -0.05) is 12.1 Å². The molecule has 0 fully saturated rings. The summed E-state index contributed by atoms with van der Waals surface area (Å²) in [4.78, 5) is 16.4. The fraction of sp³-hybridized carbons (Fsp3) is 0.294. The number of carboxylic acid groups (broad SMARTS) is 1. The van der Waals surface area contributed by atoms with Crippen LogP contribution in [0, 0.1) is 5.41 Å². The zero-order chi connectivity index (χ0) is 21.6. The summed E-state index contributed by atoms with van der Waals surface area (Å²) in [7, 11) is 0. The molecule has 0 unspecified atom stereocenters. The Hall–Kier alpha value is -2.76. The minimum absolute atomic E-state index is 0.0818. The Bertz CT molecular complexity index is 905. The number of benzene rings is 1.